The summed E-state index contributed by atoms with van der Waals surface area (Å²) in [5.41, 5.74) is 6.15. The van der Waals surface area contributed by atoms with Gasteiger partial charge < -0.3 is 10.5 Å². The molecule has 0 aliphatic carbocycles. The molecule has 14 heavy (non-hydrogen) atoms. The smallest absolute Gasteiger partial charge is 0.0509 e. The number of hydrogen-bond acceptors (Lipinski definition) is 2. The van der Waals surface area contributed by atoms with Gasteiger partial charge in [0.2, 0.25) is 0 Å². The third-order valence-electron chi connectivity index (χ3n) is 3.19. The molecule has 1 aliphatic rings. The molecule has 1 fully saturated rings. The Morgan fingerprint density at radius 1 is 1.36 bits per heavy atom. The van der Waals surface area contributed by atoms with Crippen LogP contribution >= 0.6 is 0 Å². The van der Waals surface area contributed by atoms with E-state index < -0.39 is 0 Å². The maximum atomic E-state index is 6.15. The molecule has 0 aromatic heterocycles. The Labute approximate surface area is 88.2 Å². The molecule has 2 nitrogen and oxygen atoms in total. The molecule has 2 heteroatoms. The highest BCUT2D eigenvalue weighted by Gasteiger charge is 2.20. The van der Waals surface area contributed by atoms with Gasteiger partial charge in [0.05, 0.1) is 6.61 Å². The van der Waals surface area contributed by atoms with Crippen molar-refractivity contribution in [3.8, 4) is 0 Å². The average molecular weight is 199 g/mol. The second-order valence-electron chi connectivity index (χ2n) is 4.49. The van der Waals surface area contributed by atoms with Crippen LogP contribution in [0.1, 0.15) is 51.9 Å². The van der Waals surface area contributed by atoms with Crippen LogP contribution in [0.5, 0.6) is 0 Å². The van der Waals surface area contributed by atoms with Crippen LogP contribution in [0.15, 0.2) is 0 Å². The van der Waals surface area contributed by atoms with E-state index in [9.17, 15) is 0 Å². The lowest BCUT2D eigenvalue weighted by Crippen LogP contribution is -2.35. The number of rotatable bonds is 6. The van der Waals surface area contributed by atoms with Crippen molar-refractivity contribution in [3.05, 3.63) is 0 Å². The fourth-order valence-corrected chi connectivity index (χ4v) is 2.15. The normalized spacial score (nSPS) is 24.9. The van der Waals surface area contributed by atoms with Crippen molar-refractivity contribution >= 4 is 0 Å². The number of ether oxygens (including phenoxy) is 1. The van der Waals surface area contributed by atoms with Crippen molar-refractivity contribution < 1.29 is 4.74 Å². The fraction of sp³-hybridized carbons (Fsp3) is 1.00. The second-order valence-corrected chi connectivity index (χ2v) is 4.49. The molecule has 0 amide bonds. The summed E-state index contributed by atoms with van der Waals surface area (Å²) in [5.74, 6) is 0.630. The Kier molecular flexibility index (Phi) is 6.20. The van der Waals surface area contributed by atoms with Crippen LogP contribution in [0.25, 0.3) is 0 Å². The first-order valence-electron chi connectivity index (χ1n) is 6.18. The molecule has 1 saturated heterocycles. The van der Waals surface area contributed by atoms with Gasteiger partial charge in [0.25, 0.3) is 0 Å². The van der Waals surface area contributed by atoms with E-state index in [2.05, 4.69) is 6.92 Å². The molecule has 0 aromatic rings. The Hall–Kier alpha value is -0.0800. The van der Waals surface area contributed by atoms with Crippen molar-refractivity contribution in [1.29, 1.82) is 0 Å². The molecule has 2 N–H and O–H groups in total. The lowest BCUT2D eigenvalue weighted by Gasteiger charge is -2.27. The lowest BCUT2D eigenvalue weighted by atomic mass is 9.91. The summed E-state index contributed by atoms with van der Waals surface area (Å²) in [5, 5.41) is 0. The Morgan fingerprint density at radius 3 is 2.86 bits per heavy atom. The first-order chi connectivity index (χ1) is 6.84. The third kappa shape index (κ3) is 4.43. The number of unbranched alkanes of at least 4 members (excludes halogenated alkanes) is 3. The van der Waals surface area contributed by atoms with Crippen molar-refractivity contribution in [2.75, 3.05) is 13.2 Å². The standard InChI is InChI=1S/C12H25NO/c1-2-3-4-5-8-12(13)11-7-6-9-14-10-11/h11-12H,2-10,13H2,1H3. The maximum Gasteiger partial charge on any atom is 0.0509 e. The quantitative estimate of drug-likeness (QED) is 0.668. The zero-order valence-corrected chi connectivity index (χ0v) is 9.50. The monoisotopic (exact) mass is 199 g/mol. The molecule has 0 spiro atoms. The molecule has 2 unspecified atom stereocenters. The minimum Gasteiger partial charge on any atom is -0.381 e. The highest BCUT2D eigenvalue weighted by Crippen LogP contribution is 2.19. The number of hydrogen-bond donors (Lipinski definition) is 1. The predicted molar refractivity (Wildman–Crippen MR) is 60.3 cm³/mol. The van der Waals surface area contributed by atoms with Crippen LogP contribution in [0, 0.1) is 5.92 Å². The van der Waals surface area contributed by atoms with Crippen molar-refractivity contribution in [1.82, 2.24) is 0 Å². The van der Waals surface area contributed by atoms with Gasteiger partial charge in [0.15, 0.2) is 0 Å². The minimum atomic E-state index is 0.382. The van der Waals surface area contributed by atoms with E-state index in [-0.39, 0.29) is 0 Å². The molecular weight excluding hydrogens is 174 g/mol. The first-order valence-corrected chi connectivity index (χ1v) is 6.18. The van der Waals surface area contributed by atoms with E-state index in [0.29, 0.717) is 12.0 Å². The van der Waals surface area contributed by atoms with Gasteiger partial charge in [-0.05, 0) is 25.2 Å². The van der Waals surface area contributed by atoms with Gasteiger partial charge in [-0.25, -0.2) is 0 Å². The van der Waals surface area contributed by atoms with Crippen LogP contribution in [-0.4, -0.2) is 19.3 Å². The summed E-state index contributed by atoms with van der Waals surface area (Å²) in [4.78, 5) is 0. The van der Waals surface area contributed by atoms with E-state index in [1.165, 1.54) is 44.9 Å². The second kappa shape index (κ2) is 7.24. The van der Waals surface area contributed by atoms with Crippen molar-refractivity contribution in [2.45, 2.75) is 57.9 Å². The summed E-state index contributed by atoms with van der Waals surface area (Å²) >= 11 is 0. The zero-order valence-electron chi connectivity index (χ0n) is 9.50. The lowest BCUT2D eigenvalue weighted by molar-refractivity contribution is 0.0435. The van der Waals surface area contributed by atoms with E-state index in [1.54, 1.807) is 0 Å². The Bertz CT molecular complexity index is 132. The Morgan fingerprint density at radius 2 is 2.21 bits per heavy atom. The molecule has 1 heterocycles. The van der Waals surface area contributed by atoms with Crippen molar-refractivity contribution in [3.63, 3.8) is 0 Å². The molecule has 0 radical (unpaired) electrons. The van der Waals surface area contributed by atoms with Crippen LogP contribution < -0.4 is 5.73 Å². The van der Waals surface area contributed by atoms with Crippen LogP contribution in [-0.2, 0) is 4.74 Å². The van der Waals surface area contributed by atoms with E-state index in [0.717, 1.165) is 13.2 Å². The van der Waals surface area contributed by atoms with Gasteiger partial charge in [-0.1, -0.05) is 32.6 Å². The summed E-state index contributed by atoms with van der Waals surface area (Å²) in [6.07, 6.45) is 8.97. The fourth-order valence-electron chi connectivity index (χ4n) is 2.15. The predicted octanol–water partition coefficient (Wildman–Crippen LogP) is 2.71. The SMILES string of the molecule is CCCCCCC(N)C1CCCOC1. The Balaban J connectivity index is 2.04. The highest BCUT2D eigenvalue weighted by atomic mass is 16.5. The summed E-state index contributed by atoms with van der Waals surface area (Å²) in [6, 6.07) is 0.382. The van der Waals surface area contributed by atoms with E-state index in [1.807, 2.05) is 0 Å². The third-order valence-corrected chi connectivity index (χ3v) is 3.19. The highest BCUT2D eigenvalue weighted by molar-refractivity contribution is 4.75. The van der Waals surface area contributed by atoms with Gasteiger partial charge in [0, 0.05) is 12.6 Å². The summed E-state index contributed by atoms with van der Waals surface area (Å²) in [7, 11) is 0. The molecule has 0 aromatic carbocycles. The first kappa shape index (κ1) is 12.0. The maximum absolute atomic E-state index is 6.15. The van der Waals surface area contributed by atoms with Crippen molar-refractivity contribution in [2.24, 2.45) is 11.7 Å². The molecular formula is C12H25NO. The van der Waals surface area contributed by atoms with E-state index >= 15 is 0 Å². The van der Waals surface area contributed by atoms with Crippen LogP contribution in [0.4, 0.5) is 0 Å². The van der Waals surface area contributed by atoms with Crippen LogP contribution in [0.3, 0.4) is 0 Å². The van der Waals surface area contributed by atoms with Gasteiger partial charge in [-0.2, -0.15) is 0 Å². The molecule has 2 atom stereocenters. The van der Waals surface area contributed by atoms with Gasteiger partial charge in [0.1, 0.15) is 0 Å². The topological polar surface area (TPSA) is 35.2 Å². The number of nitrogens with two attached hydrogens (primary N) is 1. The van der Waals surface area contributed by atoms with Gasteiger partial charge in [-0.3, -0.25) is 0 Å². The molecule has 84 valence electrons. The van der Waals surface area contributed by atoms with Gasteiger partial charge >= 0.3 is 0 Å². The van der Waals surface area contributed by atoms with Crippen LogP contribution in [0.2, 0.25) is 0 Å². The van der Waals surface area contributed by atoms with E-state index in [4.69, 9.17) is 10.5 Å². The molecule has 0 saturated carbocycles. The molecule has 0 bridgehead atoms. The molecule has 1 aliphatic heterocycles. The molecule has 1 rings (SSSR count). The largest absolute Gasteiger partial charge is 0.381 e. The minimum absolute atomic E-state index is 0.382. The average Bonchev–Trinajstić information content (AvgIpc) is 2.25. The summed E-state index contributed by atoms with van der Waals surface area (Å²) in [6.45, 7) is 4.09. The summed E-state index contributed by atoms with van der Waals surface area (Å²) < 4.78 is 5.45. The zero-order chi connectivity index (χ0) is 10.2. The van der Waals surface area contributed by atoms with Gasteiger partial charge in [-0.15, -0.1) is 0 Å².